The Morgan fingerprint density at radius 1 is 1.14 bits per heavy atom. The second-order valence-electron chi connectivity index (χ2n) is 5.83. The Balaban J connectivity index is 1.45. The van der Waals surface area contributed by atoms with E-state index in [1.807, 2.05) is 0 Å². The number of hydrogen-bond acceptors (Lipinski definition) is 4. The summed E-state index contributed by atoms with van der Waals surface area (Å²) in [5, 5.41) is 5.74. The maximum absolute atomic E-state index is 11.9. The van der Waals surface area contributed by atoms with Crippen molar-refractivity contribution in [1.82, 2.24) is 15.2 Å². The third kappa shape index (κ3) is 3.96. The zero-order valence-corrected chi connectivity index (χ0v) is 13.0. The van der Waals surface area contributed by atoms with Crippen LogP contribution in [0.3, 0.4) is 0 Å². The predicted octanol–water partition coefficient (Wildman–Crippen LogP) is 1.42. The molecule has 0 aromatic carbocycles. The number of rotatable bonds is 3. The fourth-order valence-corrected chi connectivity index (χ4v) is 2.83. The molecule has 2 heterocycles. The van der Waals surface area contributed by atoms with Gasteiger partial charge in [0, 0.05) is 31.4 Å². The second-order valence-corrected chi connectivity index (χ2v) is 6.27. The highest BCUT2D eigenvalue weighted by molar-refractivity contribution is 6.39. The van der Waals surface area contributed by atoms with E-state index < -0.39 is 11.8 Å². The van der Waals surface area contributed by atoms with Gasteiger partial charge in [0.25, 0.3) is 0 Å². The monoisotopic (exact) mass is 322 g/mol. The van der Waals surface area contributed by atoms with Crippen molar-refractivity contribution >= 4 is 29.2 Å². The van der Waals surface area contributed by atoms with E-state index in [4.69, 9.17) is 11.6 Å². The number of carbonyl (C=O) groups is 2. The molecule has 0 spiro atoms. The summed E-state index contributed by atoms with van der Waals surface area (Å²) in [6, 6.07) is 4.00. The molecular weight excluding hydrogens is 304 g/mol. The minimum absolute atomic E-state index is 0.0754. The average molecular weight is 323 g/mol. The molecular formula is C15H19ClN4O2. The summed E-state index contributed by atoms with van der Waals surface area (Å²) < 4.78 is 0. The highest BCUT2D eigenvalue weighted by atomic mass is 35.5. The minimum atomic E-state index is -0.695. The zero-order chi connectivity index (χ0) is 15.5. The van der Waals surface area contributed by atoms with Gasteiger partial charge in [-0.15, -0.1) is 0 Å². The van der Waals surface area contributed by atoms with Crippen molar-refractivity contribution in [2.45, 2.75) is 37.8 Å². The number of hydrogen-bond donors (Lipinski definition) is 2. The van der Waals surface area contributed by atoms with Crippen molar-refractivity contribution in [2.24, 2.45) is 0 Å². The number of nitrogens with zero attached hydrogens (tertiary/aromatic N) is 2. The maximum atomic E-state index is 11.9. The fraction of sp³-hybridized carbons (Fsp3) is 0.533. The van der Waals surface area contributed by atoms with Crippen molar-refractivity contribution in [3.8, 4) is 0 Å². The van der Waals surface area contributed by atoms with Crippen molar-refractivity contribution in [3.63, 3.8) is 0 Å². The molecule has 0 bridgehead atoms. The first kappa shape index (κ1) is 15.2. The van der Waals surface area contributed by atoms with Crippen LogP contribution in [0.15, 0.2) is 18.3 Å². The van der Waals surface area contributed by atoms with Crippen LogP contribution in [0.2, 0.25) is 5.02 Å². The first-order chi connectivity index (χ1) is 10.6. The van der Waals surface area contributed by atoms with Gasteiger partial charge in [-0.1, -0.05) is 11.6 Å². The topological polar surface area (TPSA) is 74.3 Å². The molecule has 22 heavy (non-hydrogen) atoms. The molecule has 2 N–H and O–H groups in total. The smallest absolute Gasteiger partial charge is 0.314 e. The molecule has 0 radical (unpaired) electrons. The number of likely N-dealkylation sites (tertiary alicyclic amines) is 1. The quantitative estimate of drug-likeness (QED) is 0.825. The van der Waals surface area contributed by atoms with Crippen LogP contribution in [-0.2, 0) is 9.59 Å². The number of pyridine rings is 1. The molecule has 1 aromatic rings. The standard InChI is InChI=1S/C15H19ClN4O2/c16-10-1-4-13(17-9-10)19-15(22)14(21)18-11-5-7-20(8-6-11)12-2-3-12/h1,4,9,11-12H,2-3,5-8H2,(H,18,21)(H,17,19,22). The summed E-state index contributed by atoms with van der Waals surface area (Å²) >= 11 is 5.72. The highest BCUT2D eigenvalue weighted by Crippen LogP contribution is 2.29. The van der Waals surface area contributed by atoms with Gasteiger partial charge in [0.15, 0.2) is 0 Å². The molecule has 1 aromatic heterocycles. The Labute approximate surface area is 134 Å². The summed E-state index contributed by atoms with van der Waals surface area (Å²) in [5.74, 6) is -0.992. The van der Waals surface area contributed by atoms with E-state index >= 15 is 0 Å². The molecule has 6 nitrogen and oxygen atoms in total. The summed E-state index contributed by atoms with van der Waals surface area (Å²) in [6.07, 6.45) is 5.81. The maximum Gasteiger partial charge on any atom is 0.314 e. The van der Waals surface area contributed by atoms with Crippen molar-refractivity contribution in [3.05, 3.63) is 23.4 Å². The Morgan fingerprint density at radius 2 is 1.86 bits per heavy atom. The largest absolute Gasteiger partial charge is 0.345 e. The first-order valence-electron chi connectivity index (χ1n) is 7.59. The van der Waals surface area contributed by atoms with Gasteiger partial charge in [-0.05, 0) is 37.8 Å². The summed E-state index contributed by atoms with van der Waals surface area (Å²) in [4.78, 5) is 30.2. The lowest BCUT2D eigenvalue weighted by molar-refractivity contribution is -0.136. The van der Waals surface area contributed by atoms with Gasteiger partial charge in [-0.25, -0.2) is 4.98 Å². The number of carbonyl (C=O) groups excluding carboxylic acids is 2. The molecule has 0 atom stereocenters. The molecule has 118 valence electrons. The van der Waals surface area contributed by atoms with E-state index in [9.17, 15) is 9.59 Å². The molecule has 1 saturated heterocycles. The van der Waals surface area contributed by atoms with Crippen molar-refractivity contribution in [1.29, 1.82) is 0 Å². The molecule has 2 aliphatic rings. The van der Waals surface area contributed by atoms with Gasteiger partial charge in [0.05, 0.1) is 5.02 Å². The van der Waals surface area contributed by atoms with Crippen LogP contribution in [-0.4, -0.2) is 46.9 Å². The Hall–Kier alpha value is -1.66. The van der Waals surface area contributed by atoms with Crippen LogP contribution in [0.5, 0.6) is 0 Å². The number of aromatic nitrogens is 1. The molecule has 2 fully saturated rings. The van der Waals surface area contributed by atoms with Gasteiger partial charge in [0.2, 0.25) is 0 Å². The van der Waals surface area contributed by atoms with E-state index in [0.29, 0.717) is 10.8 Å². The average Bonchev–Trinajstić information content (AvgIpc) is 3.35. The highest BCUT2D eigenvalue weighted by Gasteiger charge is 2.32. The number of amides is 2. The van der Waals surface area contributed by atoms with Gasteiger partial charge in [-0.2, -0.15) is 0 Å². The van der Waals surface area contributed by atoms with Crippen molar-refractivity contribution in [2.75, 3.05) is 18.4 Å². The van der Waals surface area contributed by atoms with Gasteiger partial charge in [0.1, 0.15) is 5.82 Å². The van der Waals surface area contributed by atoms with Crippen LogP contribution in [0, 0.1) is 0 Å². The number of halogens is 1. The predicted molar refractivity (Wildman–Crippen MR) is 83.6 cm³/mol. The summed E-state index contributed by atoms with van der Waals surface area (Å²) in [5.41, 5.74) is 0. The first-order valence-corrected chi connectivity index (χ1v) is 7.97. The van der Waals surface area contributed by atoms with Crippen LogP contribution in [0.4, 0.5) is 5.82 Å². The Morgan fingerprint density at radius 3 is 2.45 bits per heavy atom. The van der Waals surface area contributed by atoms with Crippen LogP contribution < -0.4 is 10.6 Å². The Kier molecular flexibility index (Phi) is 4.59. The third-order valence-electron chi connectivity index (χ3n) is 4.10. The molecule has 7 heteroatoms. The SMILES string of the molecule is O=C(Nc1ccc(Cl)cn1)C(=O)NC1CCN(C2CC2)CC1. The van der Waals surface area contributed by atoms with Crippen LogP contribution in [0.25, 0.3) is 0 Å². The number of piperidine rings is 1. The van der Waals surface area contributed by atoms with E-state index in [2.05, 4.69) is 20.5 Å². The fourth-order valence-electron chi connectivity index (χ4n) is 2.72. The number of anilines is 1. The molecule has 1 saturated carbocycles. The second kappa shape index (κ2) is 6.62. The number of nitrogens with one attached hydrogen (secondary N) is 2. The Bertz CT molecular complexity index is 551. The summed E-state index contributed by atoms with van der Waals surface area (Å²) in [6.45, 7) is 1.99. The van der Waals surface area contributed by atoms with E-state index in [0.717, 1.165) is 32.0 Å². The zero-order valence-electron chi connectivity index (χ0n) is 12.2. The van der Waals surface area contributed by atoms with Gasteiger partial charge >= 0.3 is 11.8 Å². The lowest BCUT2D eigenvalue weighted by Crippen LogP contribution is -2.48. The van der Waals surface area contributed by atoms with Crippen LogP contribution in [0.1, 0.15) is 25.7 Å². The minimum Gasteiger partial charge on any atom is -0.345 e. The normalized spacial score (nSPS) is 19.7. The van der Waals surface area contributed by atoms with E-state index in [-0.39, 0.29) is 6.04 Å². The molecule has 1 aliphatic carbocycles. The van der Waals surface area contributed by atoms with Gasteiger partial charge < -0.3 is 15.5 Å². The molecule has 1 aliphatic heterocycles. The summed E-state index contributed by atoms with van der Waals surface area (Å²) in [7, 11) is 0. The van der Waals surface area contributed by atoms with Gasteiger partial charge in [-0.3, -0.25) is 9.59 Å². The molecule has 3 rings (SSSR count). The van der Waals surface area contributed by atoms with E-state index in [1.165, 1.54) is 19.0 Å². The van der Waals surface area contributed by atoms with Crippen LogP contribution >= 0.6 is 11.6 Å². The van der Waals surface area contributed by atoms with Crippen molar-refractivity contribution < 1.29 is 9.59 Å². The van der Waals surface area contributed by atoms with E-state index in [1.54, 1.807) is 12.1 Å². The molecule has 2 amide bonds. The lowest BCUT2D eigenvalue weighted by atomic mass is 10.0. The third-order valence-corrected chi connectivity index (χ3v) is 4.33. The lowest BCUT2D eigenvalue weighted by Gasteiger charge is -2.32. The molecule has 0 unspecified atom stereocenters.